The number of nitrogens with one attached hydrogen (secondary N) is 2. The average Bonchev–Trinajstić information content (AvgIpc) is 2.88. The summed E-state index contributed by atoms with van der Waals surface area (Å²) in [7, 11) is -1.29. The molecule has 0 spiro atoms. The van der Waals surface area contributed by atoms with Gasteiger partial charge in [-0.25, -0.2) is 22.8 Å². The van der Waals surface area contributed by atoms with E-state index in [1.54, 1.807) is 32.0 Å². The molecule has 0 saturated carbocycles. The molecular weight excluding hydrogens is 513 g/mol. The van der Waals surface area contributed by atoms with Crippen molar-refractivity contribution in [2.75, 3.05) is 18.9 Å². The van der Waals surface area contributed by atoms with Gasteiger partial charge in [0.25, 0.3) is 15.6 Å². The van der Waals surface area contributed by atoms with E-state index in [0.717, 1.165) is 6.07 Å². The third-order valence-corrected chi connectivity index (χ3v) is 7.28. The number of rotatable bonds is 8. The summed E-state index contributed by atoms with van der Waals surface area (Å²) in [6.07, 6.45) is 2.88. The van der Waals surface area contributed by atoms with Crippen LogP contribution in [0.15, 0.2) is 64.7 Å². The number of fused-ring (bicyclic) bond motifs is 1. The summed E-state index contributed by atoms with van der Waals surface area (Å²) >= 11 is 0. The molecule has 4 aromatic rings. The smallest absolute Gasteiger partial charge is 0.262 e. The van der Waals surface area contributed by atoms with Crippen molar-refractivity contribution in [2.45, 2.75) is 25.3 Å². The molecule has 10 nitrogen and oxygen atoms in total. The number of carbonyl (C=O) groups excluding carboxylic acids is 1. The van der Waals surface area contributed by atoms with Crippen LogP contribution in [0.2, 0.25) is 0 Å². The van der Waals surface area contributed by atoms with E-state index in [9.17, 15) is 22.4 Å². The van der Waals surface area contributed by atoms with Gasteiger partial charge < -0.3 is 10.1 Å². The largest absolute Gasteiger partial charge is 0.480 e. The third-order valence-electron chi connectivity index (χ3n) is 5.94. The van der Waals surface area contributed by atoms with Crippen molar-refractivity contribution in [2.24, 2.45) is 5.92 Å². The van der Waals surface area contributed by atoms with Crippen molar-refractivity contribution >= 4 is 32.5 Å². The number of ether oxygens (including phenoxy) is 1. The molecule has 2 N–H and O–H groups in total. The van der Waals surface area contributed by atoms with Crippen LogP contribution in [-0.4, -0.2) is 43.0 Å². The van der Waals surface area contributed by atoms with Gasteiger partial charge in [0.05, 0.1) is 35.2 Å². The summed E-state index contributed by atoms with van der Waals surface area (Å²) < 4.78 is 48.9. The zero-order valence-corrected chi connectivity index (χ0v) is 22.0. The molecule has 0 saturated heterocycles. The first-order valence-corrected chi connectivity index (χ1v) is 13.1. The molecule has 1 amide bonds. The molecule has 1 atom stereocenters. The van der Waals surface area contributed by atoms with Gasteiger partial charge in [0.1, 0.15) is 11.5 Å². The fraction of sp³-hybridized carbons (Fsp3) is 0.231. The Morgan fingerprint density at radius 1 is 1.13 bits per heavy atom. The first kappa shape index (κ1) is 26.7. The number of methoxy groups -OCH3 is 1. The number of pyridine rings is 1. The Bertz CT molecular complexity index is 1680. The number of aryl methyl sites for hydroxylation is 1. The van der Waals surface area contributed by atoms with Gasteiger partial charge in [-0.2, -0.15) is 0 Å². The van der Waals surface area contributed by atoms with Crippen LogP contribution in [0.3, 0.4) is 0 Å². The zero-order chi connectivity index (χ0) is 27.6. The average molecular weight is 540 g/mol. The quantitative estimate of drug-likeness (QED) is 0.352. The molecule has 38 heavy (non-hydrogen) atoms. The molecule has 12 heteroatoms. The standard InChI is InChI=1S/C26H26FN5O5S/c1-15-7-19(27)11-20(8-15)38(35,36)31-23-10-18(12-29-25(23)37-4)17-5-6-22-21(9-17)26(34)32(14-30-22)13-16(2)24(33)28-3/h5-12,14,16,31H,13H2,1-4H3,(H,28,33). The Morgan fingerprint density at radius 2 is 1.89 bits per heavy atom. The van der Waals surface area contributed by atoms with E-state index in [-0.39, 0.29) is 34.5 Å². The number of amides is 1. The lowest BCUT2D eigenvalue weighted by atomic mass is 10.0. The van der Waals surface area contributed by atoms with E-state index in [1.807, 2.05) is 0 Å². The van der Waals surface area contributed by atoms with Crippen molar-refractivity contribution in [1.82, 2.24) is 19.9 Å². The third kappa shape index (κ3) is 5.49. The van der Waals surface area contributed by atoms with Crippen molar-refractivity contribution in [1.29, 1.82) is 0 Å². The van der Waals surface area contributed by atoms with Gasteiger partial charge in [-0.1, -0.05) is 13.0 Å². The Balaban J connectivity index is 1.73. The Kier molecular flexibility index (Phi) is 7.44. The molecular formula is C26H26FN5O5S. The Morgan fingerprint density at radius 3 is 2.58 bits per heavy atom. The first-order chi connectivity index (χ1) is 18.0. The van der Waals surface area contributed by atoms with Crippen molar-refractivity contribution in [3.63, 3.8) is 0 Å². The molecule has 2 aromatic carbocycles. The molecule has 4 rings (SSSR count). The number of halogens is 1. The monoisotopic (exact) mass is 539 g/mol. The van der Waals surface area contributed by atoms with E-state index in [0.29, 0.717) is 27.6 Å². The molecule has 0 fully saturated rings. The van der Waals surface area contributed by atoms with Crippen molar-refractivity contribution < 1.29 is 22.3 Å². The van der Waals surface area contributed by atoms with Gasteiger partial charge in [-0.3, -0.25) is 18.9 Å². The second-order valence-electron chi connectivity index (χ2n) is 8.80. The van der Waals surface area contributed by atoms with Crippen LogP contribution in [0.5, 0.6) is 5.88 Å². The highest BCUT2D eigenvalue weighted by Gasteiger charge is 2.20. The maximum atomic E-state index is 13.9. The molecule has 0 bridgehead atoms. The van der Waals surface area contributed by atoms with Crippen molar-refractivity contribution in [3.05, 3.63) is 76.7 Å². The highest BCUT2D eigenvalue weighted by molar-refractivity contribution is 7.92. The molecule has 2 aromatic heterocycles. The number of hydrogen-bond acceptors (Lipinski definition) is 7. The summed E-state index contributed by atoms with van der Waals surface area (Å²) in [4.78, 5) is 33.4. The fourth-order valence-electron chi connectivity index (χ4n) is 4.00. The topological polar surface area (TPSA) is 132 Å². The van der Waals surface area contributed by atoms with Gasteiger partial charge in [0, 0.05) is 25.4 Å². The number of benzene rings is 2. The Hall–Kier alpha value is -4.32. The first-order valence-electron chi connectivity index (χ1n) is 11.6. The summed E-state index contributed by atoms with van der Waals surface area (Å²) in [6, 6.07) is 10.0. The van der Waals surface area contributed by atoms with E-state index in [2.05, 4.69) is 20.0 Å². The number of sulfonamides is 1. The fourth-order valence-corrected chi connectivity index (χ4v) is 5.16. The molecule has 0 aliphatic heterocycles. The minimum Gasteiger partial charge on any atom is -0.480 e. The van der Waals surface area contributed by atoms with Gasteiger partial charge in [-0.15, -0.1) is 0 Å². The predicted molar refractivity (Wildman–Crippen MR) is 141 cm³/mol. The summed E-state index contributed by atoms with van der Waals surface area (Å²) in [5.74, 6) is -1.30. The summed E-state index contributed by atoms with van der Waals surface area (Å²) in [6.45, 7) is 3.45. The van der Waals surface area contributed by atoms with Crippen LogP contribution in [0, 0.1) is 18.7 Å². The highest BCUT2D eigenvalue weighted by Crippen LogP contribution is 2.31. The van der Waals surface area contributed by atoms with Crippen LogP contribution in [-0.2, 0) is 21.4 Å². The lowest BCUT2D eigenvalue weighted by molar-refractivity contribution is -0.124. The highest BCUT2D eigenvalue weighted by atomic mass is 32.2. The lowest BCUT2D eigenvalue weighted by Gasteiger charge is -2.14. The predicted octanol–water partition coefficient (Wildman–Crippen LogP) is 3.10. The van der Waals surface area contributed by atoms with Crippen molar-refractivity contribution in [3.8, 4) is 17.0 Å². The zero-order valence-electron chi connectivity index (χ0n) is 21.1. The number of nitrogens with zero attached hydrogens (tertiary/aromatic N) is 3. The normalized spacial score (nSPS) is 12.2. The van der Waals surface area contributed by atoms with Gasteiger partial charge >= 0.3 is 0 Å². The molecule has 0 aliphatic rings. The van der Waals surface area contributed by atoms with Gasteiger partial charge in [0.2, 0.25) is 11.8 Å². The van der Waals surface area contributed by atoms with Crippen LogP contribution in [0.4, 0.5) is 10.1 Å². The molecule has 0 aliphatic carbocycles. The molecule has 1 unspecified atom stereocenters. The van der Waals surface area contributed by atoms with Crippen LogP contribution in [0.25, 0.3) is 22.0 Å². The maximum Gasteiger partial charge on any atom is 0.262 e. The number of carbonyl (C=O) groups is 1. The van der Waals surface area contributed by atoms with E-state index < -0.39 is 21.8 Å². The van der Waals surface area contributed by atoms with Crippen LogP contribution < -0.4 is 20.3 Å². The minimum absolute atomic E-state index is 0.0125. The van der Waals surface area contributed by atoms with E-state index >= 15 is 0 Å². The van der Waals surface area contributed by atoms with Crippen LogP contribution in [0.1, 0.15) is 12.5 Å². The number of aromatic nitrogens is 3. The SMILES string of the molecule is CNC(=O)C(C)Cn1cnc2ccc(-c3cnc(OC)c(NS(=O)(=O)c4cc(C)cc(F)c4)c3)cc2c1=O. The molecule has 2 heterocycles. The Labute approximate surface area is 218 Å². The number of hydrogen-bond donors (Lipinski definition) is 2. The van der Waals surface area contributed by atoms with Gasteiger partial charge in [0.15, 0.2) is 0 Å². The van der Waals surface area contributed by atoms with E-state index in [4.69, 9.17) is 4.74 Å². The minimum atomic E-state index is -4.16. The van der Waals surface area contributed by atoms with Crippen LogP contribution >= 0.6 is 0 Å². The maximum absolute atomic E-state index is 13.9. The van der Waals surface area contributed by atoms with E-state index in [1.165, 1.54) is 49.4 Å². The summed E-state index contributed by atoms with van der Waals surface area (Å²) in [5, 5.41) is 2.88. The number of anilines is 1. The second kappa shape index (κ2) is 10.6. The lowest BCUT2D eigenvalue weighted by Crippen LogP contribution is -2.32. The summed E-state index contributed by atoms with van der Waals surface area (Å²) in [5.41, 5.74) is 1.70. The van der Waals surface area contributed by atoms with Gasteiger partial charge in [-0.05, 0) is 54.4 Å². The second-order valence-corrected chi connectivity index (χ2v) is 10.5. The molecule has 198 valence electrons. The molecule has 0 radical (unpaired) electrons.